The van der Waals surface area contributed by atoms with E-state index >= 15 is 0 Å². The topological polar surface area (TPSA) is 38.9 Å². The molecule has 0 amide bonds. The van der Waals surface area contributed by atoms with Crippen LogP contribution in [0.2, 0.25) is 0 Å². The van der Waals surface area contributed by atoms with Crippen LogP contribution in [0.25, 0.3) is 33.2 Å². The first-order valence-corrected chi connectivity index (χ1v) is 12.2. The molecule has 0 N–H and O–H groups in total. The number of nitrogens with zero attached hydrogens (tertiary/aromatic N) is 5. The summed E-state index contributed by atoms with van der Waals surface area (Å²) in [6, 6.07) is 20.0. The zero-order valence-corrected chi connectivity index (χ0v) is 19.9. The first kappa shape index (κ1) is 22.8. The number of alkyl halides is 2. The second-order valence-corrected chi connectivity index (χ2v) is 9.46. The summed E-state index contributed by atoms with van der Waals surface area (Å²) in [5, 5.41) is 5.50. The highest BCUT2D eigenvalue weighted by molar-refractivity contribution is 5.93. The van der Waals surface area contributed by atoms with Crippen molar-refractivity contribution in [2.24, 2.45) is 7.05 Å². The number of aromatic nitrogens is 4. The number of halogens is 3. The van der Waals surface area contributed by atoms with E-state index in [-0.39, 0.29) is 11.7 Å². The van der Waals surface area contributed by atoms with E-state index in [4.69, 9.17) is 0 Å². The van der Waals surface area contributed by atoms with Crippen molar-refractivity contribution >= 4 is 21.9 Å². The summed E-state index contributed by atoms with van der Waals surface area (Å²) >= 11 is 0. The Labute approximate surface area is 206 Å². The lowest BCUT2D eigenvalue weighted by atomic mass is 9.95. The van der Waals surface area contributed by atoms with Gasteiger partial charge < -0.3 is 0 Å². The number of likely N-dealkylation sites (tertiary alicyclic amines) is 1. The van der Waals surface area contributed by atoms with Crippen LogP contribution in [0.4, 0.5) is 13.2 Å². The number of para-hydroxylation sites is 2. The maximum atomic E-state index is 14.4. The van der Waals surface area contributed by atoms with E-state index in [0.717, 1.165) is 53.5 Å². The fourth-order valence-electron chi connectivity index (χ4n) is 5.42. The Hall–Kier alpha value is -3.65. The number of hydrogen-bond acceptors (Lipinski definition) is 3. The summed E-state index contributed by atoms with van der Waals surface area (Å²) < 4.78 is 45.0. The third kappa shape index (κ3) is 3.95. The molecule has 1 aliphatic rings. The smallest absolute Gasteiger partial charge is 0.299 e. The molecule has 3 heterocycles. The summed E-state index contributed by atoms with van der Waals surface area (Å²) in [6.07, 6.45) is 1.56. The zero-order valence-electron chi connectivity index (χ0n) is 19.9. The maximum absolute atomic E-state index is 14.4. The quantitative estimate of drug-likeness (QED) is 0.283. The lowest BCUT2D eigenvalue weighted by Gasteiger charge is -2.32. The van der Waals surface area contributed by atoms with Crippen molar-refractivity contribution in [3.63, 3.8) is 0 Å². The van der Waals surface area contributed by atoms with Gasteiger partial charge in [0, 0.05) is 30.5 Å². The minimum atomic E-state index is -2.61. The number of aryl methyl sites for hydroxylation is 1. The van der Waals surface area contributed by atoms with Gasteiger partial charge in [-0.1, -0.05) is 36.4 Å². The molecule has 36 heavy (non-hydrogen) atoms. The number of fused-ring (bicyclic) bond motifs is 2. The highest BCUT2D eigenvalue weighted by atomic mass is 19.3. The first-order chi connectivity index (χ1) is 17.5. The lowest BCUT2D eigenvalue weighted by molar-refractivity contribution is 0.0681. The largest absolute Gasteiger partial charge is 0.320 e. The molecule has 5 nitrogen and oxygen atoms in total. The third-order valence-corrected chi connectivity index (χ3v) is 7.22. The molecule has 0 unspecified atom stereocenters. The van der Waals surface area contributed by atoms with Crippen molar-refractivity contribution in [2.45, 2.75) is 31.9 Å². The second-order valence-electron chi connectivity index (χ2n) is 9.46. The van der Waals surface area contributed by atoms with Gasteiger partial charge in [0.05, 0.1) is 16.6 Å². The number of hydrogen-bond donors (Lipinski definition) is 0. The molecule has 1 aliphatic heterocycles. The van der Waals surface area contributed by atoms with Gasteiger partial charge in [-0.15, -0.1) is 0 Å². The van der Waals surface area contributed by atoms with Gasteiger partial charge in [-0.25, -0.2) is 9.37 Å². The van der Waals surface area contributed by atoms with Crippen molar-refractivity contribution in [2.75, 3.05) is 13.1 Å². The molecule has 8 heteroatoms. The van der Waals surface area contributed by atoms with Crippen LogP contribution in [0, 0.1) is 5.82 Å². The molecule has 0 aliphatic carbocycles. The fraction of sp³-hybridized carbons (Fsp3) is 0.286. The van der Waals surface area contributed by atoms with Gasteiger partial charge in [0.25, 0.3) is 0 Å². The van der Waals surface area contributed by atoms with Gasteiger partial charge in [-0.05, 0) is 61.8 Å². The SMILES string of the molecule is Cn1nc(-c2ccccc2F)c2ccc(CN3CCC(c4nc5ccccc5n4C(F)F)CC3)cc21. The van der Waals surface area contributed by atoms with Crippen LogP contribution in [0.15, 0.2) is 66.7 Å². The highest BCUT2D eigenvalue weighted by Gasteiger charge is 2.28. The van der Waals surface area contributed by atoms with Crippen molar-refractivity contribution in [1.29, 1.82) is 0 Å². The molecule has 5 aromatic rings. The van der Waals surface area contributed by atoms with E-state index in [1.54, 1.807) is 35.0 Å². The third-order valence-electron chi connectivity index (χ3n) is 7.22. The molecule has 0 atom stereocenters. The number of rotatable bonds is 5. The average molecular weight is 490 g/mol. The van der Waals surface area contributed by atoms with Gasteiger partial charge in [0.1, 0.15) is 17.3 Å². The van der Waals surface area contributed by atoms with Gasteiger partial charge in [-0.3, -0.25) is 14.1 Å². The van der Waals surface area contributed by atoms with Gasteiger partial charge in [0.2, 0.25) is 0 Å². The van der Waals surface area contributed by atoms with Crippen LogP contribution in [-0.2, 0) is 13.6 Å². The van der Waals surface area contributed by atoms with E-state index in [0.29, 0.717) is 28.1 Å². The zero-order chi connectivity index (χ0) is 24.8. The van der Waals surface area contributed by atoms with Gasteiger partial charge >= 0.3 is 6.55 Å². The normalized spacial score (nSPS) is 15.5. The molecular weight excluding hydrogens is 463 g/mol. The van der Waals surface area contributed by atoms with Crippen LogP contribution in [0.1, 0.15) is 36.7 Å². The minimum Gasteiger partial charge on any atom is -0.299 e. The van der Waals surface area contributed by atoms with E-state index < -0.39 is 6.55 Å². The molecule has 6 rings (SSSR count). The first-order valence-electron chi connectivity index (χ1n) is 12.2. The summed E-state index contributed by atoms with van der Waals surface area (Å²) in [5.74, 6) is 0.207. The summed E-state index contributed by atoms with van der Waals surface area (Å²) in [5.41, 5.74) is 4.33. The molecule has 1 fully saturated rings. The van der Waals surface area contributed by atoms with E-state index in [2.05, 4.69) is 27.1 Å². The Morgan fingerprint density at radius 2 is 1.69 bits per heavy atom. The monoisotopic (exact) mass is 489 g/mol. The molecule has 3 aromatic carbocycles. The molecule has 0 radical (unpaired) electrons. The van der Waals surface area contributed by atoms with Crippen molar-refractivity contribution in [3.8, 4) is 11.3 Å². The average Bonchev–Trinajstić information content (AvgIpc) is 3.43. The van der Waals surface area contributed by atoms with E-state index in [1.165, 1.54) is 6.07 Å². The molecule has 0 spiro atoms. The maximum Gasteiger partial charge on any atom is 0.320 e. The Balaban J connectivity index is 1.19. The van der Waals surface area contributed by atoms with E-state index in [1.807, 2.05) is 25.2 Å². The Morgan fingerprint density at radius 1 is 0.944 bits per heavy atom. The van der Waals surface area contributed by atoms with Crippen LogP contribution in [-0.4, -0.2) is 37.3 Å². The minimum absolute atomic E-state index is 0.00512. The second kappa shape index (κ2) is 9.09. The molecule has 184 valence electrons. The standard InChI is InChI=1S/C28H26F3N5/c1-34-25-16-18(10-11-21(25)26(33-34)20-6-2-3-7-22(20)29)17-35-14-12-19(13-15-35)27-32-23-8-4-5-9-24(23)36(27)28(30)31/h2-11,16,19,28H,12-15,17H2,1H3. The van der Waals surface area contributed by atoms with Gasteiger partial charge in [0.15, 0.2) is 0 Å². The number of benzene rings is 3. The molecule has 0 bridgehead atoms. The number of imidazole rings is 1. The van der Waals surface area contributed by atoms with Crippen molar-refractivity contribution in [1.82, 2.24) is 24.2 Å². The molecule has 1 saturated heterocycles. The summed E-state index contributed by atoms with van der Waals surface area (Å²) in [7, 11) is 1.87. The predicted molar refractivity (Wildman–Crippen MR) is 134 cm³/mol. The highest BCUT2D eigenvalue weighted by Crippen LogP contribution is 2.34. The Bertz CT molecular complexity index is 1550. The summed E-state index contributed by atoms with van der Waals surface area (Å²) in [6.45, 7) is -0.235. The van der Waals surface area contributed by atoms with Crippen LogP contribution in [0.3, 0.4) is 0 Å². The molecule has 0 saturated carbocycles. The lowest BCUT2D eigenvalue weighted by Crippen LogP contribution is -2.33. The van der Waals surface area contributed by atoms with Crippen LogP contribution >= 0.6 is 0 Å². The Morgan fingerprint density at radius 3 is 2.47 bits per heavy atom. The van der Waals surface area contributed by atoms with Gasteiger partial charge in [-0.2, -0.15) is 13.9 Å². The van der Waals surface area contributed by atoms with Crippen molar-refractivity contribution < 1.29 is 13.2 Å². The fourth-order valence-corrected chi connectivity index (χ4v) is 5.42. The summed E-state index contributed by atoms with van der Waals surface area (Å²) in [4.78, 5) is 6.92. The Kier molecular flexibility index (Phi) is 5.76. The van der Waals surface area contributed by atoms with Crippen LogP contribution < -0.4 is 0 Å². The molecular formula is C28H26F3N5. The van der Waals surface area contributed by atoms with Crippen LogP contribution in [0.5, 0.6) is 0 Å². The van der Waals surface area contributed by atoms with Crippen molar-refractivity contribution in [3.05, 3.63) is 83.9 Å². The molecule has 2 aromatic heterocycles. The van der Waals surface area contributed by atoms with E-state index in [9.17, 15) is 13.2 Å². The predicted octanol–water partition coefficient (Wildman–Crippen LogP) is 6.50. The number of piperidine rings is 1.